The lowest BCUT2D eigenvalue weighted by Gasteiger charge is -2.20. The number of amides is 2. The van der Waals surface area contributed by atoms with Crippen LogP contribution >= 0.6 is 15.9 Å². The minimum Gasteiger partial charge on any atom is -0.331 e. The van der Waals surface area contributed by atoms with Crippen LogP contribution < -0.4 is 10.6 Å². The maximum atomic E-state index is 12.8. The van der Waals surface area contributed by atoms with Gasteiger partial charge in [-0.15, -0.1) is 0 Å². The summed E-state index contributed by atoms with van der Waals surface area (Å²) in [6.07, 6.45) is 12.2. The molecule has 1 aliphatic rings. The van der Waals surface area contributed by atoms with Crippen molar-refractivity contribution in [2.45, 2.75) is 38.6 Å². The van der Waals surface area contributed by atoms with E-state index in [1.807, 2.05) is 55.5 Å². The topological polar surface area (TPSA) is 59.0 Å². The maximum absolute atomic E-state index is 12.8. The standard InChI is InChI=1S/C22H25BrN4O/c1-16-12-8-5-3-4-6-11-15-19(16)24-22(28)25-21-20(23)17(2)26-27(21)18-13-9-7-10-14-18/h3,5,7-10,12-14,19H,1,4,6,11,15H2,2H3,(H2,24,25,28)/b5-3-,12-8-/t19-/m0/s1. The molecule has 146 valence electrons. The summed E-state index contributed by atoms with van der Waals surface area (Å²) in [5.74, 6) is 0.602. The molecule has 0 bridgehead atoms. The van der Waals surface area contributed by atoms with Gasteiger partial charge in [0.2, 0.25) is 0 Å². The van der Waals surface area contributed by atoms with Crippen molar-refractivity contribution in [2.75, 3.05) is 5.32 Å². The normalized spacial score (nSPS) is 19.6. The molecular formula is C22H25BrN4O. The van der Waals surface area contributed by atoms with Crippen molar-refractivity contribution >= 4 is 27.8 Å². The average Bonchev–Trinajstić information content (AvgIpc) is 2.98. The van der Waals surface area contributed by atoms with E-state index in [0.29, 0.717) is 5.82 Å². The molecule has 0 saturated carbocycles. The van der Waals surface area contributed by atoms with E-state index < -0.39 is 0 Å². The van der Waals surface area contributed by atoms with Gasteiger partial charge in [-0.25, -0.2) is 9.48 Å². The Hall–Kier alpha value is -2.60. The largest absolute Gasteiger partial charge is 0.331 e. The summed E-state index contributed by atoms with van der Waals surface area (Å²) in [5.41, 5.74) is 2.58. The Morgan fingerprint density at radius 3 is 2.82 bits per heavy atom. The molecule has 5 nitrogen and oxygen atoms in total. The van der Waals surface area contributed by atoms with Crippen molar-refractivity contribution in [3.63, 3.8) is 0 Å². The number of aromatic nitrogens is 2. The molecule has 0 saturated heterocycles. The number of aryl methyl sites for hydroxylation is 1. The Morgan fingerprint density at radius 1 is 1.25 bits per heavy atom. The van der Waals surface area contributed by atoms with Crippen LogP contribution in [0.5, 0.6) is 0 Å². The van der Waals surface area contributed by atoms with Gasteiger partial charge in [0.05, 0.1) is 21.9 Å². The molecule has 0 fully saturated rings. The average molecular weight is 441 g/mol. The number of rotatable bonds is 3. The van der Waals surface area contributed by atoms with E-state index in [4.69, 9.17) is 0 Å². The van der Waals surface area contributed by atoms with E-state index >= 15 is 0 Å². The van der Waals surface area contributed by atoms with Crippen LogP contribution in [0.3, 0.4) is 0 Å². The summed E-state index contributed by atoms with van der Waals surface area (Å²) < 4.78 is 2.49. The van der Waals surface area contributed by atoms with Crippen LogP contribution in [-0.4, -0.2) is 21.9 Å². The second kappa shape index (κ2) is 9.55. The van der Waals surface area contributed by atoms with E-state index in [2.05, 4.69) is 44.3 Å². The fourth-order valence-corrected chi connectivity index (χ4v) is 3.45. The number of carbonyl (C=O) groups is 1. The third-order valence-corrected chi connectivity index (χ3v) is 5.59. The summed E-state index contributed by atoms with van der Waals surface area (Å²) in [6, 6.07) is 9.35. The zero-order valence-electron chi connectivity index (χ0n) is 16.0. The number of carbonyl (C=O) groups excluding carboxylic acids is 1. The molecule has 1 aromatic heterocycles. The van der Waals surface area contributed by atoms with Crippen LogP contribution in [0.15, 0.2) is 71.3 Å². The predicted octanol–water partition coefficient (Wildman–Crippen LogP) is 5.68. The summed E-state index contributed by atoms with van der Waals surface area (Å²) in [7, 11) is 0. The van der Waals surface area contributed by atoms with E-state index in [-0.39, 0.29) is 12.1 Å². The highest BCUT2D eigenvalue weighted by Crippen LogP contribution is 2.28. The molecule has 2 N–H and O–H groups in total. The predicted molar refractivity (Wildman–Crippen MR) is 118 cm³/mol. The van der Waals surface area contributed by atoms with E-state index in [1.165, 1.54) is 0 Å². The molecule has 6 heteroatoms. The maximum Gasteiger partial charge on any atom is 0.320 e. The number of nitrogens with one attached hydrogen (secondary N) is 2. The number of benzene rings is 1. The lowest BCUT2D eigenvalue weighted by molar-refractivity contribution is 0.249. The van der Waals surface area contributed by atoms with Crippen LogP contribution in [0.25, 0.3) is 5.69 Å². The number of para-hydroxylation sites is 1. The first-order chi connectivity index (χ1) is 13.6. The van der Waals surface area contributed by atoms with Gasteiger partial charge in [0.25, 0.3) is 0 Å². The van der Waals surface area contributed by atoms with Crippen molar-refractivity contribution in [2.24, 2.45) is 0 Å². The Balaban J connectivity index is 1.76. The number of hydrogen-bond acceptors (Lipinski definition) is 2. The molecule has 0 aliphatic heterocycles. The van der Waals surface area contributed by atoms with Crippen molar-refractivity contribution in [1.29, 1.82) is 0 Å². The molecule has 1 atom stereocenters. The summed E-state index contributed by atoms with van der Waals surface area (Å²) in [6.45, 7) is 6.02. The molecule has 1 aliphatic carbocycles. The molecule has 2 aromatic rings. The lowest BCUT2D eigenvalue weighted by Crippen LogP contribution is -2.39. The smallest absolute Gasteiger partial charge is 0.320 e. The Bertz CT molecular complexity index is 899. The second-order valence-corrected chi connectivity index (χ2v) is 7.59. The third-order valence-electron chi connectivity index (χ3n) is 4.64. The van der Waals surface area contributed by atoms with Crippen molar-refractivity contribution < 1.29 is 4.79 Å². The first kappa shape index (κ1) is 20.1. The van der Waals surface area contributed by atoms with Gasteiger partial charge in [0, 0.05) is 0 Å². The van der Waals surface area contributed by atoms with Gasteiger partial charge in [-0.2, -0.15) is 5.10 Å². The van der Waals surface area contributed by atoms with Gasteiger partial charge in [-0.1, -0.05) is 55.5 Å². The minimum atomic E-state index is -0.273. The molecule has 0 unspecified atom stereocenters. The van der Waals surface area contributed by atoms with E-state index in [9.17, 15) is 4.79 Å². The number of halogens is 1. The molecular weight excluding hydrogens is 416 g/mol. The first-order valence-electron chi connectivity index (χ1n) is 9.46. The molecule has 3 rings (SSSR count). The van der Waals surface area contributed by atoms with Crippen LogP contribution in [-0.2, 0) is 0 Å². The van der Waals surface area contributed by atoms with Gasteiger partial charge in [-0.3, -0.25) is 5.32 Å². The summed E-state index contributed by atoms with van der Waals surface area (Å²) >= 11 is 3.54. The summed E-state index contributed by atoms with van der Waals surface area (Å²) in [4.78, 5) is 12.8. The zero-order chi connectivity index (χ0) is 19.9. The Kier molecular flexibility index (Phi) is 6.87. The van der Waals surface area contributed by atoms with Crippen LogP contribution in [0.2, 0.25) is 0 Å². The SMILES string of the molecule is C=C1/C=C\C=C/CCCC[C@@H]1NC(=O)Nc1c(Br)c(C)nn1-c1ccccc1. The van der Waals surface area contributed by atoms with Crippen molar-refractivity contribution in [3.8, 4) is 5.69 Å². The quantitative estimate of drug-likeness (QED) is 0.644. The summed E-state index contributed by atoms with van der Waals surface area (Å²) in [5, 5.41) is 10.6. The highest BCUT2D eigenvalue weighted by atomic mass is 79.9. The zero-order valence-corrected chi connectivity index (χ0v) is 17.6. The van der Waals surface area contributed by atoms with Crippen LogP contribution in [0, 0.1) is 6.92 Å². The lowest BCUT2D eigenvalue weighted by atomic mass is 10.00. The van der Waals surface area contributed by atoms with Crippen molar-refractivity contribution in [1.82, 2.24) is 15.1 Å². The molecule has 2 amide bonds. The highest BCUT2D eigenvalue weighted by molar-refractivity contribution is 9.10. The van der Waals surface area contributed by atoms with Gasteiger partial charge >= 0.3 is 6.03 Å². The Morgan fingerprint density at radius 2 is 2.04 bits per heavy atom. The third kappa shape index (κ3) is 5.01. The van der Waals surface area contributed by atoms with Gasteiger partial charge in [-0.05, 0) is 59.8 Å². The van der Waals surface area contributed by atoms with Crippen LogP contribution in [0.4, 0.5) is 10.6 Å². The van der Waals surface area contributed by atoms with Gasteiger partial charge < -0.3 is 5.32 Å². The van der Waals surface area contributed by atoms with Crippen LogP contribution in [0.1, 0.15) is 31.4 Å². The monoisotopic (exact) mass is 440 g/mol. The highest BCUT2D eigenvalue weighted by Gasteiger charge is 2.19. The number of allylic oxidation sites excluding steroid dienone is 3. The van der Waals surface area contributed by atoms with E-state index in [1.54, 1.807) is 4.68 Å². The molecule has 0 spiro atoms. The fourth-order valence-electron chi connectivity index (χ4n) is 3.10. The van der Waals surface area contributed by atoms with Gasteiger partial charge in [0.15, 0.2) is 5.82 Å². The molecule has 1 aromatic carbocycles. The number of anilines is 1. The van der Waals surface area contributed by atoms with E-state index in [0.717, 1.165) is 47.1 Å². The first-order valence-corrected chi connectivity index (χ1v) is 10.3. The van der Waals surface area contributed by atoms with Crippen molar-refractivity contribution in [3.05, 3.63) is 77.0 Å². The Labute approximate surface area is 174 Å². The molecule has 1 heterocycles. The second-order valence-electron chi connectivity index (χ2n) is 6.79. The number of hydrogen-bond donors (Lipinski definition) is 2. The number of nitrogens with zero attached hydrogens (tertiary/aromatic N) is 2. The minimum absolute atomic E-state index is 0.101. The molecule has 0 radical (unpaired) electrons. The fraction of sp³-hybridized carbons (Fsp3) is 0.273. The molecule has 28 heavy (non-hydrogen) atoms. The van der Waals surface area contributed by atoms with Gasteiger partial charge in [0.1, 0.15) is 0 Å². The number of urea groups is 1.